The number of hydrogen-bond donors (Lipinski definition) is 3. The number of thioether (sulfide) groups is 1. The van der Waals surface area contributed by atoms with E-state index in [0.29, 0.717) is 10.6 Å². The van der Waals surface area contributed by atoms with Gasteiger partial charge >= 0.3 is 0 Å². The van der Waals surface area contributed by atoms with Gasteiger partial charge in [0.1, 0.15) is 6.10 Å². The summed E-state index contributed by atoms with van der Waals surface area (Å²) in [4.78, 5) is 23.3. The lowest BCUT2D eigenvalue weighted by molar-refractivity contribution is -0.125. The molecule has 1 unspecified atom stereocenters. The molecule has 4 N–H and O–H groups in total. The number of aliphatic hydroxyl groups excluding tert-OH is 1. The molecule has 1 atom stereocenters. The Morgan fingerprint density at radius 3 is 2.78 bits per heavy atom. The lowest BCUT2D eigenvalue weighted by Crippen LogP contribution is -2.40. The second-order valence-electron chi connectivity index (χ2n) is 3.47. The minimum absolute atomic E-state index is 0.242. The quantitative estimate of drug-likeness (QED) is 0.693. The largest absolute Gasteiger partial charge is 0.381 e. The van der Waals surface area contributed by atoms with Crippen LogP contribution in [0.4, 0.5) is 0 Å². The Balaban J connectivity index is 2.75. The van der Waals surface area contributed by atoms with Crippen molar-refractivity contribution in [1.29, 1.82) is 0 Å². The molecule has 7 heteroatoms. The zero-order valence-electron chi connectivity index (χ0n) is 9.64. The smallest absolute Gasteiger partial charge is 0.252 e. The van der Waals surface area contributed by atoms with E-state index in [9.17, 15) is 9.59 Å². The second kappa shape index (κ2) is 6.63. The second-order valence-corrected chi connectivity index (χ2v) is 4.76. The Bertz CT molecular complexity index is 468. The molecule has 0 heterocycles. The third-order valence-electron chi connectivity index (χ3n) is 2.20. The average molecular weight is 289 g/mol. The van der Waals surface area contributed by atoms with E-state index < -0.39 is 17.9 Å². The predicted octanol–water partition coefficient (Wildman–Crippen LogP) is 0.638. The first kappa shape index (κ1) is 14.8. The number of amides is 2. The first-order valence-corrected chi connectivity index (χ1v) is 6.65. The van der Waals surface area contributed by atoms with Crippen LogP contribution in [-0.2, 0) is 4.79 Å². The Labute approximate surface area is 114 Å². The number of nitrogens with two attached hydrogens (primary N) is 1. The maximum Gasteiger partial charge on any atom is 0.252 e. The van der Waals surface area contributed by atoms with Gasteiger partial charge in [-0.25, -0.2) is 0 Å². The summed E-state index contributed by atoms with van der Waals surface area (Å²) in [6.07, 6.45) is 0.471. The van der Waals surface area contributed by atoms with Crippen LogP contribution in [0.5, 0.6) is 0 Å². The van der Waals surface area contributed by atoms with E-state index in [1.54, 1.807) is 18.2 Å². The zero-order valence-corrected chi connectivity index (χ0v) is 11.2. The van der Waals surface area contributed by atoms with Gasteiger partial charge in [-0.05, 0) is 24.5 Å². The molecule has 1 rings (SSSR count). The number of carbonyl (C=O) groups is 2. The van der Waals surface area contributed by atoms with Gasteiger partial charge in [-0.1, -0.05) is 11.6 Å². The topological polar surface area (TPSA) is 92.4 Å². The molecule has 1 aromatic rings. The number of hydrogen-bond acceptors (Lipinski definition) is 4. The molecule has 2 amide bonds. The molecule has 0 saturated carbocycles. The lowest BCUT2D eigenvalue weighted by atomic mass is 10.2. The number of aliphatic hydroxyl groups is 1. The third kappa shape index (κ3) is 3.90. The molecular formula is C11H13ClN2O3S. The highest BCUT2D eigenvalue weighted by Gasteiger charge is 2.15. The summed E-state index contributed by atoms with van der Waals surface area (Å²) in [5, 5.41) is 11.9. The SMILES string of the molecule is CSc1ccc(Cl)c(C(=O)NCC(O)C(N)=O)c1. The molecule has 0 fully saturated rings. The fraction of sp³-hybridized carbons (Fsp3) is 0.273. The Kier molecular flexibility index (Phi) is 5.46. The summed E-state index contributed by atoms with van der Waals surface area (Å²) in [5.74, 6) is -1.35. The van der Waals surface area contributed by atoms with Crippen molar-refractivity contribution in [3.63, 3.8) is 0 Å². The fourth-order valence-electron chi connectivity index (χ4n) is 1.19. The van der Waals surface area contributed by atoms with Crippen molar-refractivity contribution in [2.24, 2.45) is 5.73 Å². The highest BCUT2D eigenvalue weighted by molar-refractivity contribution is 7.98. The standard InChI is InChI=1S/C11H13ClN2O3S/c1-18-6-2-3-8(12)7(4-6)11(17)14-5-9(15)10(13)16/h2-4,9,15H,5H2,1H3,(H2,13,16)(H,14,17). The third-order valence-corrected chi connectivity index (χ3v) is 3.26. The van der Waals surface area contributed by atoms with E-state index in [2.05, 4.69) is 5.32 Å². The number of nitrogens with one attached hydrogen (secondary N) is 1. The van der Waals surface area contributed by atoms with Crippen molar-refractivity contribution in [3.8, 4) is 0 Å². The highest BCUT2D eigenvalue weighted by Crippen LogP contribution is 2.22. The molecule has 5 nitrogen and oxygen atoms in total. The van der Waals surface area contributed by atoms with E-state index in [-0.39, 0.29) is 6.54 Å². The number of halogens is 1. The van der Waals surface area contributed by atoms with Crippen molar-refractivity contribution < 1.29 is 14.7 Å². The number of rotatable bonds is 5. The van der Waals surface area contributed by atoms with E-state index in [1.165, 1.54) is 11.8 Å². The molecule has 1 aromatic carbocycles. The molecule has 0 spiro atoms. The summed E-state index contributed by atoms with van der Waals surface area (Å²) >= 11 is 7.38. The lowest BCUT2D eigenvalue weighted by Gasteiger charge is -2.10. The number of benzene rings is 1. The van der Waals surface area contributed by atoms with Gasteiger partial charge in [0.15, 0.2) is 0 Å². The van der Waals surface area contributed by atoms with E-state index in [4.69, 9.17) is 22.4 Å². The molecule has 98 valence electrons. The van der Waals surface area contributed by atoms with Crippen molar-refractivity contribution in [1.82, 2.24) is 5.32 Å². The molecule has 0 aliphatic heterocycles. The van der Waals surface area contributed by atoms with Crippen LogP contribution in [0.1, 0.15) is 10.4 Å². The van der Waals surface area contributed by atoms with E-state index >= 15 is 0 Å². The van der Waals surface area contributed by atoms with Crippen LogP contribution in [0, 0.1) is 0 Å². The van der Waals surface area contributed by atoms with Gasteiger partial charge in [-0.15, -0.1) is 11.8 Å². The minimum Gasteiger partial charge on any atom is -0.381 e. The number of carbonyl (C=O) groups excluding carboxylic acids is 2. The van der Waals surface area contributed by atoms with Gasteiger partial charge in [-0.3, -0.25) is 9.59 Å². The van der Waals surface area contributed by atoms with Crippen LogP contribution in [0.15, 0.2) is 23.1 Å². The van der Waals surface area contributed by atoms with Gasteiger partial charge in [-0.2, -0.15) is 0 Å². The van der Waals surface area contributed by atoms with Crippen LogP contribution in [0.25, 0.3) is 0 Å². The van der Waals surface area contributed by atoms with Crippen molar-refractivity contribution in [3.05, 3.63) is 28.8 Å². The van der Waals surface area contributed by atoms with Gasteiger partial charge in [0.05, 0.1) is 17.1 Å². The van der Waals surface area contributed by atoms with Crippen LogP contribution in [0.2, 0.25) is 5.02 Å². The molecule has 0 saturated heterocycles. The molecular weight excluding hydrogens is 276 g/mol. The van der Waals surface area contributed by atoms with Crippen LogP contribution < -0.4 is 11.1 Å². The van der Waals surface area contributed by atoms with Gasteiger partial charge < -0.3 is 16.2 Å². The Morgan fingerprint density at radius 2 is 2.22 bits per heavy atom. The first-order chi connectivity index (χ1) is 8.45. The van der Waals surface area contributed by atoms with Crippen LogP contribution in [0.3, 0.4) is 0 Å². The normalized spacial score (nSPS) is 11.9. The van der Waals surface area contributed by atoms with Crippen LogP contribution >= 0.6 is 23.4 Å². The van der Waals surface area contributed by atoms with Crippen LogP contribution in [-0.4, -0.2) is 35.8 Å². The molecule has 0 radical (unpaired) electrons. The molecule has 0 aliphatic rings. The Morgan fingerprint density at radius 1 is 1.56 bits per heavy atom. The van der Waals surface area contributed by atoms with Crippen molar-refractivity contribution >= 4 is 35.2 Å². The minimum atomic E-state index is -1.41. The fourth-order valence-corrected chi connectivity index (χ4v) is 1.83. The number of primary amides is 1. The van der Waals surface area contributed by atoms with Gasteiger partial charge in [0.25, 0.3) is 5.91 Å². The zero-order chi connectivity index (χ0) is 13.7. The molecule has 0 aliphatic carbocycles. The summed E-state index contributed by atoms with van der Waals surface area (Å²) in [7, 11) is 0. The maximum absolute atomic E-state index is 11.8. The average Bonchev–Trinajstić information content (AvgIpc) is 2.35. The molecule has 0 aromatic heterocycles. The summed E-state index contributed by atoms with van der Waals surface area (Å²) in [6.45, 7) is -0.242. The monoisotopic (exact) mass is 288 g/mol. The van der Waals surface area contributed by atoms with E-state index in [1.807, 2.05) is 6.26 Å². The van der Waals surface area contributed by atoms with Crippen molar-refractivity contribution in [2.75, 3.05) is 12.8 Å². The maximum atomic E-state index is 11.8. The molecule has 0 bridgehead atoms. The highest BCUT2D eigenvalue weighted by atomic mass is 35.5. The summed E-state index contributed by atoms with van der Waals surface area (Å²) in [5.41, 5.74) is 5.16. The van der Waals surface area contributed by atoms with Gasteiger partial charge in [0, 0.05) is 4.90 Å². The summed E-state index contributed by atoms with van der Waals surface area (Å²) in [6, 6.07) is 5.05. The molecule has 18 heavy (non-hydrogen) atoms. The van der Waals surface area contributed by atoms with Gasteiger partial charge in [0.2, 0.25) is 5.91 Å². The van der Waals surface area contributed by atoms with E-state index in [0.717, 1.165) is 4.90 Å². The first-order valence-electron chi connectivity index (χ1n) is 5.04. The Hall–Kier alpha value is -1.24. The predicted molar refractivity (Wildman–Crippen MR) is 70.8 cm³/mol. The van der Waals surface area contributed by atoms with Crippen molar-refractivity contribution in [2.45, 2.75) is 11.0 Å². The summed E-state index contributed by atoms with van der Waals surface area (Å²) < 4.78 is 0.